The quantitative estimate of drug-likeness (QED) is 0.394. The van der Waals surface area contributed by atoms with Crippen molar-refractivity contribution in [1.29, 1.82) is 0 Å². The number of hydrogen-bond acceptors (Lipinski definition) is 6. The maximum absolute atomic E-state index is 11.6. The first-order valence-corrected chi connectivity index (χ1v) is 11.1. The average molecular weight is 604 g/mol. The molecule has 142 valence electrons. The summed E-state index contributed by atoms with van der Waals surface area (Å²) in [5, 5.41) is 11.6. The van der Waals surface area contributed by atoms with Gasteiger partial charge in [0.25, 0.3) is 0 Å². The molecular formula is C21H12I2N5O-. The van der Waals surface area contributed by atoms with Crippen LogP contribution in [0.25, 0.3) is 5.70 Å². The van der Waals surface area contributed by atoms with E-state index in [4.69, 9.17) is 4.99 Å². The first kappa shape index (κ1) is 18.8. The van der Waals surface area contributed by atoms with E-state index < -0.39 is 4.11 Å². The van der Waals surface area contributed by atoms with Crippen molar-refractivity contribution in [3.05, 3.63) is 86.6 Å². The third-order valence-electron chi connectivity index (χ3n) is 4.62. The molecule has 0 amide bonds. The van der Waals surface area contributed by atoms with E-state index in [1.165, 1.54) is 9.91 Å². The van der Waals surface area contributed by atoms with E-state index in [1.54, 1.807) is 0 Å². The first-order valence-electron chi connectivity index (χ1n) is 8.76. The van der Waals surface area contributed by atoms with Gasteiger partial charge >= 0.3 is 0 Å². The van der Waals surface area contributed by atoms with Gasteiger partial charge in [-0.25, -0.2) is 24.9 Å². The third-order valence-corrected chi connectivity index (χ3v) is 6.06. The lowest BCUT2D eigenvalue weighted by molar-refractivity contribution is -0.383. The molecule has 0 radical (unpaired) electrons. The molecule has 6 nitrogen and oxygen atoms in total. The van der Waals surface area contributed by atoms with E-state index >= 15 is 0 Å². The van der Waals surface area contributed by atoms with Crippen molar-refractivity contribution in [2.45, 2.75) is 4.11 Å². The van der Waals surface area contributed by atoms with Crippen molar-refractivity contribution >= 4 is 74.8 Å². The molecule has 0 saturated heterocycles. The van der Waals surface area contributed by atoms with Crippen LogP contribution in [0.15, 0.2) is 86.3 Å². The molecule has 2 aromatic rings. The Kier molecular flexibility index (Phi) is 4.92. The Morgan fingerprint density at radius 1 is 0.862 bits per heavy atom. The highest BCUT2D eigenvalue weighted by atomic mass is 127. The highest BCUT2D eigenvalue weighted by molar-refractivity contribution is 14.1. The van der Waals surface area contributed by atoms with Crippen LogP contribution in [0.5, 0.6) is 0 Å². The van der Waals surface area contributed by atoms with E-state index in [9.17, 15) is 5.11 Å². The molecule has 2 aromatic carbocycles. The normalized spacial score (nSPS) is 18.2. The maximum Gasteiger partial charge on any atom is 0.239 e. The molecule has 0 N–H and O–H groups in total. The predicted molar refractivity (Wildman–Crippen MR) is 130 cm³/mol. The summed E-state index contributed by atoms with van der Waals surface area (Å²) in [7, 11) is 0. The van der Waals surface area contributed by atoms with E-state index in [0.29, 0.717) is 11.9 Å². The Bertz CT molecular complexity index is 1170. The number of hydrogen-bond donors (Lipinski definition) is 0. The Labute approximate surface area is 194 Å². The van der Waals surface area contributed by atoms with Crippen molar-refractivity contribution in [3.63, 3.8) is 0 Å². The molecule has 3 aliphatic rings. The molecule has 5 rings (SSSR count). The number of alkyl halides is 1. The number of benzene rings is 2. The lowest BCUT2D eigenvalue weighted by Gasteiger charge is -2.31. The van der Waals surface area contributed by atoms with E-state index in [2.05, 4.69) is 61.8 Å². The smallest absolute Gasteiger partial charge is 0.239 e. The van der Waals surface area contributed by atoms with E-state index in [1.807, 2.05) is 63.9 Å². The molecule has 1 atom stereocenters. The molecule has 29 heavy (non-hydrogen) atoms. The second-order valence-electron chi connectivity index (χ2n) is 6.46. The molecule has 0 aromatic heterocycles. The van der Waals surface area contributed by atoms with Gasteiger partial charge in [-0.3, -0.25) is 0 Å². The number of halogens is 2. The van der Waals surface area contributed by atoms with Gasteiger partial charge in [0.15, 0.2) is 0 Å². The average Bonchev–Trinajstić information content (AvgIpc) is 2.74. The van der Waals surface area contributed by atoms with Crippen LogP contribution >= 0.6 is 45.2 Å². The molecular weight excluding hydrogens is 592 g/mol. The minimum atomic E-state index is -0.778. The highest BCUT2D eigenvalue weighted by Crippen LogP contribution is 2.30. The summed E-state index contributed by atoms with van der Waals surface area (Å²) in [4.78, 5) is 19.9. The van der Waals surface area contributed by atoms with Crippen molar-refractivity contribution in [3.8, 4) is 0 Å². The van der Waals surface area contributed by atoms with Crippen LogP contribution in [0.3, 0.4) is 0 Å². The Morgan fingerprint density at radius 2 is 1.59 bits per heavy atom. The molecule has 0 saturated carbocycles. The van der Waals surface area contributed by atoms with Gasteiger partial charge in [-0.05, 0) is 51.0 Å². The van der Waals surface area contributed by atoms with Gasteiger partial charge in [-0.1, -0.05) is 64.6 Å². The molecule has 3 aliphatic heterocycles. The van der Waals surface area contributed by atoms with Crippen LogP contribution in [-0.4, -0.2) is 28.9 Å². The van der Waals surface area contributed by atoms with Crippen LogP contribution in [0.4, 0.5) is 0 Å². The summed E-state index contributed by atoms with van der Waals surface area (Å²) in [5.41, 5.74) is 5.23. The third kappa shape index (κ3) is 3.60. The summed E-state index contributed by atoms with van der Waals surface area (Å²) < 4.78 is 0.392. The van der Waals surface area contributed by atoms with Gasteiger partial charge in [0.1, 0.15) is 6.34 Å². The van der Waals surface area contributed by atoms with Crippen LogP contribution in [0.1, 0.15) is 20.8 Å². The molecule has 0 fully saturated rings. The van der Waals surface area contributed by atoms with Gasteiger partial charge in [0.05, 0.1) is 17.1 Å². The monoisotopic (exact) mass is 604 g/mol. The molecule has 8 heteroatoms. The summed E-state index contributed by atoms with van der Waals surface area (Å²) in [6.07, 6.45) is 5.49. The van der Waals surface area contributed by atoms with Gasteiger partial charge in [0.2, 0.25) is 11.9 Å². The number of aliphatic imine (C=N–C) groups is 4. The van der Waals surface area contributed by atoms with Gasteiger partial charge in [0, 0.05) is 14.7 Å². The van der Waals surface area contributed by atoms with Crippen molar-refractivity contribution in [1.82, 2.24) is 4.90 Å². The summed E-state index contributed by atoms with van der Waals surface area (Å²) in [5.74, 6) is 1.08. The zero-order valence-corrected chi connectivity index (χ0v) is 19.1. The van der Waals surface area contributed by atoms with Gasteiger partial charge < -0.3 is 5.11 Å². The van der Waals surface area contributed by atoms with Crippen LogP contribution < -0.4 is 5.11 Å². The Morgan fingerprint density at radius 3 is 2.31 bits per heavy atom. The number of nitrogens with zero attached hydrogens (tertiary/aromatic N) is 5. The summed E-state index contributed by atoms with van der Waals surface area (Å²) in [6, 6.07) is 15.7. The van der Waals surface area contributed by atoms with E-state index in [-0.39, 0.29) is 0 Å². The fourth-order valence-corrected chi connectivity index (χ4v) is 3.95. The zero-order chi connectivity index (χ0) is 20.0. The van der Waals surface area contributed by atoms with Gasteiger partial charge in [-0.2, -0.15) is 0 Å². The van der Waals surface area contributed by atoms with Crippen molar-refractivity contribution in [2.75, 3.05) is 0 Å². The minimum Gasteiger partial charge on any atom is -0.841 e. The largest absolute Gasteiger partial charge is 0.841 e. The van der Waals surface area contributed by atoms with Crippen molar-refractivity contribution < 1.29 is 5.11 Å². The lowest BCUT2D eigenvalue weighted by Crippen LogP contribution is -2.40. The van der Waals surface area contributed by atoms with Crippen LogP contribution in [0.2, 0.25) is 0 Å². The zero-order valence-electron chi connectivity index (χ0n) is 14.8. The van der Waals surface area contributed by atoms with Crippen molar-refractivity contribution in [2.24, 2.45) is 20.0 Å². The summed E-state index contributed by atoms with van der Waals surface area (Å²) in [6.45, 7) is 0. The minimum absolute atomic E-state index is 0.531. The SMILES string of the molecule is [O-][C@H](I)c1ccc(C2=CC3=CC(c4ccc(I)cc4)=NC4=NC=NC(=N2)N34)cc1. The number of guanidine groups is 2. The second-order valence-corrected chi connectivity index (χ2v) is 8.84. The first-order chi connectivity index (χ1) is 14.1. The fraction of sp³-hybridized carbons (Fsp3) is 0.0476. The Hall–Kier alpha value is -2.18. The molecule has 3 heterocycles. The second kappa shape index (κ2) is 7.58. The van der Waals surface area contributed by atoms with Gasteiger partial charge in [-0.15, -0.1) is 0 Å². The topological polar surface area (TPSA) is 75.7 Å². The number of allylic oxidation sites excluding steroid dienone is 2. The maximum atomic E-state index is 11.6. The van der Waals surface area contributed by atoms with E-state index in [0.717, 1.165) is 33.8 Å². The summed E-state index contributed by atoms with van der Waals surface area (Å²) >= 11 is 4.15. The fourth-order valence-electron chi connectivity index (χ4n) is 3.18. The molecule has 0 spiro atoms. The van der Waals surface area contributed by atoms with Crippen LogP contribution in [-0.2, 0) is 0 Å². The standard InChI is InChI=1S/C21H12I2N5O/c22-15-7-5-13(6-8-15)18-10-16-9-17(12-1-3-14(4-2-12)19(23)29)26-20-24-11-25-21(27-18)28(16)20/h1-11,19H/q-1/t19-/m0/s1. The molecule has 0 aliphatic carbocycles. The lowest BCUT2D eigenvalue weighted by atomic mass is 10.0. The predicted octanol–water partition coefficient (Wildman–Crippen LogP) is 3.88. The Balaban J connectivity index is 1.58. The molecule has 0 unspecified atom stereocenters. The molecule has 0 bridgehead atoms. The number of rotatable bonds is 3. The highest BCUT2D eigenvalue weighted by Gasteiger charge is 2.30. The van der Waals surface area contributed by atoms with Crippen LogP contribution in [0, 0.1) is 3.57 Å².